The maximum atomic E-state index is 12.6. The molecule has 0 aliphatic carbocycles. The van der Waals surface area contributed by atoms with Crippen molar-refractivity contribution in [1.82, 2.24) is 15.2 Å². The van der Waals surface area contributed by atoms with Gasteiger partial charge in [0.05, 0.1) is 6.04 Å². The Morgan fingerprint density at radius 3 is 2.74 bits per heavy atom. The third-order valence-electron chi connectivity index (χ3n) is 4.30. The number of thiophene rings is 1. The summed E-state index contributed by atoms with van der Waals surface area (Å²) in [7, 11) is 0. The Kier molecular flexibility index (Phi) is 6.33. The van der Waals surface area contributed by atoms with Crippen molar-refractivity contribution < 1.29 is 22.7 Å². The fourth-order valence-corrected chi connectivity index (χ4v) is 3.92. The molecule has 1 fully saturated rings. The quantitative estimate of drug-likeness (QED) is 0.772. The molecule has 0 aromatic carbocycles. The van der Waals surface area contributed by atoms with E-state index in [-0.39, 0.29) is 17.5 Å². The Morgan fingerprint density at radius 2 is 2.07 bits per heavy atom. The first-order valence-corrected chi connectivity index (χ1v) is 9.52. The van der Waals surface area contributed by atoms with E-state index < -0.39 is 18.7 Å². The maximum Gasteiger partial charge on any atom is 0.422 e. The molecule has 0 bridgehead atoms. The summed E-state index contributed by atoms with van der Waals surface area (Å²) in [5.41, 5.74) is -0.00639. The number of amides is 1. The van der Waals surface area contributed by atoms with Crippen LogP contribution in [0.2, 0.25) is 0 Å². The lowest BCUT2D eigenvalue weighted by molar-refractivity contribution is -0.154. The number of hydrogen-bond donors (Lipinski definition) is 1. The van der Waals surface area contributed by atoms with E-state index in [2.05, 4.69) is 15.2 Å². The van der Waals surface area contributed by atoms with Crippen molar-refractivity contribution in [3.8, 4) is 5.88 Å². The van der Waals surface area contributed by atoms with Crippen LogP contribution < -0.4 is 10.1 Å². The molecule has 0 spiro atoms. The van der Waals surface area contributed by atoms with Gasteiger partial charge in [0.15, 0.2) is 6.61 Å². The van der Waals surface area contributed by atoms with E-state index in [9.17, 15) is 18.0 Å². The lowest BCUT2D eigenvalue weighted by Crippen LogP contribution is -2.36. The van der Waals surface area contributed by atoms with Crippen LogP contribution in [-0.2, 0) is 0 Å². The highest BCUT2D eigenvalue weighted by Crippen LogP contribution is 2.28. The van der Waals surface area contributed by atoms with Gasteiger partial charge in [-0.1, -0.05) is 6.07 Å². The molecule has 2 aromatic rings. The Balaban J connectivity index is 1.67. The molecule has 5 nitrogen and oxygen atoms in total. The minimum absolute atomic E-state index is 0.00639. The van der Waals surface area contributed by atoms with Gasteiger partial charge in [-0.2, -0.15) is 13.2 Å². The van der Waals surface area contributed by atoms with Gasteiger partial charge in [-0.05, 0) is 49.5 Å². The molecule has 9 heteroatoms. The first kappa shape index (κ1) is 19.6. The molecule has 1 aliphatic rings. The van der Waals surface area contributed by atoms with Crippen LogP contribution in [0.25, 0.3) is 0 Å². The summed E-state index contributed by atoms with van der Waals surface area (Å²) in [6, 6.07) is 6.95. The number of aromatic nitrogens is 1. The molecular formula is C18H20F3N3O2S. The third kappa shape index (κ3) is 5.43. The van der Waals surface area contributed by atoms with E-state index in [4.69, 9.17) is 4.74 Å². The average molecular weight is 399 g/mol. The van der Waals surface area contributed by atoms with Crippen LogP contribution in [0.5, 0.6) is 5.88 Å². The zero-order valence-corrected chi connectivity index (χ0v) is 15.4. The van der Waals surface area contributed by atoms with Crippen LogP contribution in [0.15, 0.2) is 35.8 Å². The summed E-state index contributed by atoms with van der Waals surface area (Å²) in [6.07, 6.45) is -0.964. The second-order valence-corrected chi connectivity index (χ2v) is 7.22. The number of alkyl halides is 3. The van der Waals surface area contributed by atoms with E-state index in [0.29, 0.717) is 6.54 Å². The van der Waals surface area contributed by atoms with E-state index in [1.807, 2.05) is 17.5 Å². The van der Waals surface area contributed by atoms with Crippen molar-refractivity contribution in [3.63, 3.8) is 0 Å². The zero-order valence-electron chi connectivity index (χ0n) is 14.5. The summed E-state index contributed by atoms with van der Waals surface area (Å²) in [5, 5.41) is 4.82. The number of nitrogens with one attached hydrogen (secondary N) is 1. The van der Waals surface area contributed by atoms with Gasteiger partial charge in [0.25, 0.3) is 5.91 Å². The van der Waals surface area contributed by atoms with Gasteiger partial charge in [0.1, 0.15) is 5.56 Å². The summed E-state index contributed by atoms with van der Waals surface area (Å²) >= 11 is 1.62. The molecule has 0 saturated carbocycles. The van der Waals surface area contributed by atoms with E-state index in [1.165, 1.54) is 18.3 Å². The van der Waals surface area contributed by atoms with E-state index in [1.54, 1.807) is 11.3 Å². The number of halogens is 3. The Morgan fingerprint density at radius 1 is 1.30 bits per heavy atom. The number of hydrogen-bond acceptors (Lipinski definition) is 5. The van der Waals surface area contributed by atoms with Gasteiger partial charge in [0.2, 0.25) is 5.88 Å². The van der Waals surface area contributed by atoms with Crippen LogP contribution in [-0.4, -0.2) is 48.2 Å². The SMILES string of the molecule is O=C(NCC(c1cccs1)N1CCCC1)c1cccnc1OCC(F)(F)F. The molecule has 1 amide bonds. The molecule has 27 heavy (non-hydrogen) atoms. The lowest BCUT2D eigenvalue weighted by Gasteiger charge is -2.27. The molecule has 146 valence electrons. The molecule has 3 heterocycles. The Labute approximate surface area is 159 Å². The van der Waals surface area contributed by atoms with Crippen molar-refractivity contribution in [3.05, 3.63) is 46.3 Å². The minimum Gasteiger partial charge on any atom is -0.467 e. The van der Waals surface area contributed by atoms with Crippen LogP contribution in [0, 0.1) is 0 Å². The van der Waals surface area contributed by atoms with Crippen LogP contribution in [0.4, 0.5) is 13.2 Å². The van der Waals surface area contributed by atoms with Crippen LogP contribution in [0.3, 0.4) is 0 Å². The van der Waals surface area contributed by atoms with E-state index in [0.717, 1.165) is 30.8 Å². The Hall–Kier alpha value is -2.13. The number of ether oxygens (including phenoxy) is 1. The van der Waals surface area contributed by atoms with Crippen LogP contribution in [0.1, 0.15) is 34.1 Å². The largest absolute Gasteiger partial charge is 0.467 e. The molecule has 1 unspecified atom stereocenters. The van der Waals surface area contributed by atoms with Crippen molar-refractivity contribution in [2.75, 3.05) is 26.2 Å². The number of nitrogens with zero attached hydrogens (tertiary/aromatic N) is 2. The Bertz CT molecular complexity index is 747. The van der Waals surface area contributed by atoms with Gasteiger partial charge < -0.3 is 10.1 Å². The third-order valence-corrected chi connectivity index (χ3v) is 5.27. The van der Waals surface area contributed by atoms with Crippen molar-refractivity contribution in [1.29, 1.82) is 0 Å². The van der Waals surface area contributed by atoms with Crippen LogP contribution >= 0.6 is 11.3 Å². The average Bonchev–Trinajstić information content (AvgIpc) is 3.34. The molecule has 0 radical (unpaired) electrons. The number of carbonyl (C=O) groups excluding carboxylic acids is 1. The van der Waals surface area contributed by atoms with Gasteiger partial charge >= 0.3 is 6.18 Å². The molecule has 3 rings (SSSR count). The van der Waals surface area contributed by atoms with Gasteiger partial charge in [-0.15, -0.1) is 11.3 Å². The first-order chi connectivity index (χ1) is 12.9. The first-order valence-electron chi connectivity index (χ1n) is 8.64. The normalized spacial score (nSPS) is 16.3. The topological polar surface area (TPSA) is 54.5 Å². The van der Waals surface area contributed by atoms with Gasteiger partial charge in [-0.25, -0.2) is 4.98 Å². The summed E-state index contributed by atoms with van der Waals surface area (Å²) in [4.78, 5) is 19.8. The predicted octanol–water partition coefficient (Wildman–Crippen LogP) is 3.65. The molecule has 2 aromatic heterocycles. The highest BCUT2D eigenvalue weighted by atomic mass is 32.1. The zero-order chi connectivity index (χ0) is 19.3. The second-order valence-electron chi connectivity index (χ2n) is 6.24. The molecular weight excluding hydrogens is 379 g/mol. The smallest absolute Gasteiger partial charge is 0.422 e. The van der Waals surface area contributed by atoms with Gasteiger partial charge in [-0.3, -0.25) is 9.69 Å². The van der Waals surface area contributed by atoms with Gasteiger partial charge in [0, 0.05) is 17.6 Å². The predicted molar refractivity (Wildman–Crippen MR) is 96.0 cm³/mol. The van der Waals surface area contributed by atoms with Crippen molar-refractivity contribution in [2.24, 2.45) is 0 Å². The highest BCUT2D eigenvalue weighted by Gasteiger charge is 2.30. The number of carbonyl (C=O) groups is 1. The monoisotopic (exact) mass is 399 g/mol. The number of pyridine rings is 1. The van der Waals surface area contributed by atoms with Crippen molar-refractivity contribution >= 4 is 17.2 Å². The molecule has 1 saturated heterocycles. The minimum atomic E-state index is -4.49. The number of likely N-dealkylation sites (tertiary alicyclic amines) is 1. The maximum absolute atomic E-state index is 12.6. The highest BCUT2D eigenvalue weighted by molar-refractivity contribution is 7.10. The number of rotatable bonds is 7. The summed E-state index contributed by atoms with van der Waals surface area (Å²) in [5.74, 6) is -0.817. The summed E-state index contributed by atoms with van der Waals surface area (Å²) < 4.78 is 41.9. The lowest BCUT2D eigenvalue weighted by atomic mass is 10.2. The summed E-state index contributed by atoms with van der Waals surface area (Å²) in [6.45, 7) is 0.805. The standard InChI is InChI=1S/C18H20F3N3O2S/c19-18(20,21)12-26-17-13(5-3-7-22-17)16(25)23-11-14(15-6-4-10-27-15)24-8-1-2-9-24/h3-7,10,14H,1-2,8-9,11-12H2,(H,23,25). The van der Waals surface area contributed by atoms with Crippen molar-refractivity contribution in [2.45, 2.75) is 25.1 Å². The molecule has 1 N–H and O–H groups in total. The van der Waals surface area contributed by atoms with E-state index >= 15 is 0 Å². The fourth-order valence-electron chi connectivity index (χ4n) is 3.06. The fraction of sp³-hybridized carbons (Fsp3) is 0.444. The molecule has 1 aliphatic heterocycles. The second kappa shape index (κ2) is 8.71. The molecule has 1 atom stereocenters.